The van der Waals surface area contributed by atoms with E-state index in [1.54, 1.807) is 42.7 Å². The lowest BCUT2D eigenvalue weighted by Crippen LogP contribution is -2.36. The first kappa shape index (κ1) is 17.8. The van der Waals surface area contributed by atoms with E-state index in [-0.39, 0.29) is 25.7 Å². The number of amides is 4. The third-order valence-corrected chi connectivity index (χ3v) is 4.51. The highest BCUT2D eigenvalue weighted by atomic mass is 16.7. The van der Waals surface area contributed by atoms with Gasteiger partial charge in [-0.3, -0.25) is 19.5 Å². The lowest BCUT2D eigenvalue weighted by Gasteiger charge is -2.13. The van der Waals surface area contributed by atoms with Crippen molar-refractivity contribution in [2.45, 2.75) is 25.6 Å². The number of urea groups is 1. The van der Waals surface area contributed by atoms with Gasteiger partial charge in [-0.1, -0.05) is 6.07 Å². The van der Waals surface area contributed by atoms with Gasteiger partial charge in [0.2, 0.25) is 12.7 Å². The first-order chi connectivity index (χ1) is 13.6. The summed E-state index contributed by atoms with van der Waals surface area (Å²) in [6.45, 7) is 0.576. The fraction of sp³-hybridized carbons (Fsp3) is 0.263. The molecule has 1 aromatic carbocycles. The summed E-state index contributed by atoms with van der Waals surface area (Å²) in [5.74, 6) is 0.461. The SMILES string of the molecule is O=C(C[C@@H]1NC(=O)N(Cc2ccc3c(c2)OCO3)C1=O)NCc1ccncc1. The fourth-order valence-electron chi connectivity index (χ4n) is 3.05. The quantitative estimate of drug-likeness (QED) is 0.720. The molecular weight excluding hydrogens is 364 g/mol. The van der Waals surface area contributed by atoms with Crippen molar-refractivity contribution in [1.82, 2.24) is 20.5 Å². The van der Waals surface area contributed by atoms with Crippen LogP contribution in [0.5, 0.6) is 11.5 Å². The van der Waals surface area contributed by atoms with Crippen molar-refractivity contribution in [3.8, 4) is 11.5 Å². The zero-order valence-electron chi connectivity index (χ0n) is 14.9. The molecule has 144 valence electrons. The third-order valence-electron chi connectivity index (χ3n) is 4.51. The van der Waals surface area contributed by atoms with Crippen LogP contribution >= 0.6 is 0 Å². The summed E-state index contributed by atoms with van der Waals surface area (Å²) in [7, 11) is 0. The van der Waals surface area contributed by atoms with Gasteiger partial charge >= 0.3 is 6.03 Å². The smallest absolute Gasteiger partial charge is 0.325 e. The minimum absolute atomic E-state index is 0.0937. The number of nitrogens with one attached hydrogen (secondary N) is 2. The van der Waals surface area contributed by atoms with Crippen LogP contribution in [0.3, 0.4) is 0 Å². The molecule has 1 atom stereocenters. The summed E-state index contributed by atoms with van der Waals surface area (Å²) < 4.78 is 10.6. The molecule has 3 heterocycles. The Kier molecular flexibility index (Phi) is 4.79. The monoisotopic (exact) mass is 382 g/mol. The number of hydrogen-bond donors (Lipinski definition) is 2. The van der Waals surface area contributed by atoms with Crippen molar-refractivity contribution < 1.29 is 23.9 Å². The molecule has 0 aliphatic carbocycles. The molecule has 9 heteroatoms. The van der Waals surface area contributed by atoms with Crippen LogP contribution in [0.4, 0.5) is 4.79 Å². The first-order valence-electron chi connectivity index (χ1n) is 8.76. The van der Waals surface area contributed by atoms with E-state index in [2.05, 4.69) is 15.6 Å². The highest BCUT2D eigenvalue weighted by molar-refractivity contribution is 6.05. The summed E-state index contributed by atoms with van der Waals surface area (Å²) in [6, 6.07) is 7.42. The van der Waals surface area contributed by atoms with E-state index in [9.17, 15) is 14.4 Å². The van der Waals surface area contributed by atoms with E-state index < -0.39 is 18.0 Å². The van der Waals surface area contributed by atoms with Crippen molar-refractivity contribution in [3.05, 3.63) is 53.9 Å². The molecule has 2 aromatic rings. The fourth-order valence-corrected chi connectivity index (χ4v) is 3.05. The Balaban J connectivity index is 1.34. The van der Waals surface area contributed by atoms with Crippen LogP contribution in [0.25, 0.3) is 0 Å². The van der Waals surface area contributed by atoms with E-state index in [0.717, 1.165) is 16.0 Å². The second-order valence-electron chi connectivity index (χ2n) is 6.45. The van der Waals surface area contributed by atoms with Crippen molar-refractivity contribution in [1.29, 1.82) is 0 Å². The lowest BCUT2D eigenvalue weighted by atomic mass is 10.1. The van der Waals surface area contributed by atoms with Gasteiger partial charge in [0.05, 0.1) is 13.0 Å². The van der Waals surface area contributed by atoms with Gasteiger partial charge in [0.1, 0.15) is 6.04 Å². The van der Waals surface area contributed by atoms with Gasteiger partial charge in [-0.2, -0.15) is 0 Å². The Morgan fingerprint density at radius 2 is 1.93 bits per heavy atom. The third kappa shape index (κ3) is 3.73. The Labute approximate surface area is 160 Å². The van der Waals surface area contributed by atoms with Gasteiger partial charge in [0, 0.05) is 18.9 Å². The number of carbonyl (C=O) groups is 3. The van der Waals surface area contributed by atoms with Gasteiger partial charge in [-0.25, -0.2) is 4.79 Å². The second kappa shape index (κ2) is 7.55. The Bertz CT molecular complexity index is 918. The minimum Gasteiger partial charge on any atom is -0.454 e. The van der Waals surface area contributed by atoms with Crippen LogP contribution < -0.4 is 20.1 Å². The Morgan fingerprint density at radius 3 is 2.75 bits per heavy atom. The van der Waals surface area contributed by atoms with Crippen molar-refractivity contribution in [2.75, 3.05) is 6.79 Å². The Morgan fingerprint density at radius 1 is 1.14 bits per heavy atom. The van der Waals surface area contributed by atoms with Gasteiger partial charge in [0.15, 0.2) is 11.5 Å². The van der Waals surface area contributed by atoms with Crippen LogP contribution in [0.15, 0.2) is 42.7 Å². The number of fused-ring (bicyclic) bond motifs is 1. The van der Waals surface area contributed by atoms with Gasteiger partial charge < -0.3 is 20.1 Å². The number of carbonyl (C=O) groups excluding carboxylic acids is 3. The summed E-state index contributed by atoms with van der Waals surface area (Å²) in [5, 5.41) is 5.30. The molecule has 0 unspecified atom stereocenters. The molecule has 4 amide bonds. The second-order valence-corrected chi connectivity index (χ2v) is 6.45. The number of rotatable bonds is 6. The summed E-state index contributed by atoms with van der Waals surface area (Å²) >= 11 is 0. The highest BCUT2D eigenvalue weighted by Gasteiger charge is 2.39. The maximum absolute atomic E-state index is 12.6. The van der Waals surface area contributed by atoms with Gasteiger partial charge in [-0.15, -0.1) is 0 Å². The standard InChI is InChI=1S/C19H18N4O5/c24-17(21-9-12-3-5-20-6-4-12)8-14-18(25)23(19(26)22-14)10-13-1-2-15-16(7-13)28-11-27-15/h1-7,14H,8-11H2,(H,21,24)(H,22,26)/t14-/m0/s1. The number of hydrogen-bond acceptors (Lipinski definition) is 6. The maximum Gasteiger partial charge on any atom is 0.325 e. The van der Waals surface area contributed by atoms with Crippen molar-refractivity contribution in [3.63, 3.8) is 0 Å². The number of pyridine rings is 1. The van der Waals surface area contributed by atoms with E-state index in [4.69, 9.17) is 9.47 Å². The molecule has 1 aromatic heterocycles. The molecule has 28 heavy (non-hydrogen) atoms. The predicted octanol–water partition coefficient (Wildman–Crippen LogP) is 0.937. The van der Waals surface area contributed by atoms with E-state index in [0.29, 0.717) is 18.0 Å². The molecule has 4 rings (SSSR count). The van der Waals surface area contributed by atoms with Crippen molar-refractivity contribution in [2.24, 2.45) is 0 Å². The van der Waals surface area contributed by atoms with E-state index >= 15 is 0 Å². The maximum atomic E-state index is 12.6. The normalized spacial score (nSPS) is 17.6. The van der Waals surface area contributed by atoms with Crippen LogP contribution in [-0.4, -0.2) is 40.6 Å². The molecule has 2 N–H and O–H groups in total. The van der Waals surface area contributed by atoms with Crippen LogP contribution in [0.2, 0.25) is 0 Å². The van der Waals surface area contributed by atoms with Crippen LogP contribution in [0.1, 0.15) is 17.5 Å². The van der Waals surface area contributed by atoms with E-state index in [1.807, 2.05) is 0 Å². The van der Waals surface area contributed by atoms with Gasteiger partial charge in [0.25, 0.3) is 5.91 Å². The number of imide groups is 1. The molecule has 9 nitrogen and oxygen atoms in total. The average Bonchev–Trinajstić information content (AvgIpc) is 3.27. The summed E-state index contributed by atoms with van der Waals surface area (Å²) in [6.07, 6.45) is 3.15. The van der Waals surface area contributed by atoms with Crippen LogP contribution in [0, 0.1) is 0 Å². The van der Waals surface area contributed by atoms with Gasteiger partial charge in [-0.05, 0) is 35.4 Å². The highest BCUT2D eigenvalue weighted by Crippen LogP contribution is 2.33. The number of aromatic nitrogens is 1. The molecule has 1 saturated heterocycles. The van der Waals surface area contributed by atoms with E-state index in [1.165, 1.54) is 0 Å². The first-order valence-corrected chi connectivity index (χ1v) is 8.76. The zero-order valence-corrected chi connectivity index (χ0v) is 14.9. The number of ether oxygens (including phenoxy) is 2. The van der Waals surface area contributed by atoms with Crippen LogP contribution in [-0.2, 0) is 22.7 Å². The minimum atomic E-state index is -0.876. The molecule has 1 fully saturated rings. The van der Waals surface area contributed by atoms with Crippen molar-refractivity contribution >= 4 is 17.8 Å². The average molecular weight is 382 g/mol. The number of nitrogens with zero attached hydrogens (tertiary/aromatic N) is 2. The molecule has 2 aliphatic rings. The number of benzene rings is 1. The molecule has 0 spiro atoms. The largest absolute Gasteiger partial charge is 0.454 e. The lowest BCUT2D eigenvalue weighted by molar-refractivity contribution is -0.131. The molecular formula is C19H18N4O5. The molecule has 0 radical (unpaired) electrons. The Hall–Kier alpha value is -3.62. The topological polar surface area (TPSA) is 110 Å². The summed E-state index contributed by atoms with van der Waals surface area (Å²) in [5.41, 5.74) is 1.63. The molecule has 0 bridgehead atoms. The predicted molar refractivity (Wildman–Crippen MR) is 96.1 cm³/mol. The zero-order chi connectivity index (χ0) is 19.5. The molecule has 2 aliphatic heterocycles. The summed E-state index contributed by atoms with van der Waals surface area (Å²) in [4.78, 5) is 41.9. The molecule has 0 saturated carbocycles.